The number of hydrogen-bond acceptors (Lipinski definition) is 3. The van der Waals surface area contributed by atoms with E-state index >= 15 is 0 Å². The van der Waals surface area contributed by atoms with Crippen molar-refractivity contribution in [1.29, 1.82) is 0 Å². The van der Waals surface area contributed by atoms with Crippen LogP contribution in [0, 0.1) is 5.82 Å². The Bertz CT molecular complexity index is 748. The molecule has 0 unspecified atom stereocenters. The number of furan rings is 1. The topological polar surface area (TPSA) is 42.2 Å². The van der Waals surface area contributed by atoms with E-state index in [-0.39, 0.29) is 28.8 Å². The fourth-order valence-corrected chi connectivity index (χ4v) is 3.53. The Labute approximate surface area is 148 Å². The van der Waals surface area contributed by atoms with Crippen LogP contribution in [-0.4, -0.2) is 12.5 Å². The van der Waals surface area contributed by atoms with Gasteiger partial charge in [-0.25, -0.2) is 4.39 Å². The van der Waals surface area contributed by atoms with Crippen molar-refractivity contribution in [2.24, 2.45) is 0 Å². The molecule has 0 aliphatic heterocycles. The van der Waals surface area contributed by atoms with Gasteiger partial charge >= 0.3 is 0 Å². The van der Waals surface area contributed by atoms with Crippen LogP contribution >= 0.6 is 22.9 Å². The number of carbonyl (C=O) groups is 1. The number of amides is 1. The molecule has 3 aromatic rings. The molecule has 3 rings (SSSR count). The minimum absolute atomic E-state index is 0.0694. The number of carbonyl (C=O) groups excluding carboxylic acids is 1. The molecule has 124 valence electrons. The zero-order valence-electron chi connectivity index (χ0n) is 12.7. The van der Waals surface area contributed by atoms with Crippen molar-refractivity contribution in [3.8, 4) is 0 Å². The molecule has 0 saturated carbocycles. The number of halogens is 2. The van der Waals surface area contributed by atoms with Crippen molar-refractivity contribution in [1.82, 2.24) is 5.32 Å². The standard InChI is InChI=1S/C18H15ClFNO2S/c19-14-4-1-5-15(20)12(14)10-18(22)21-11-13(16-6-2-8-23-16)17-7-3-9-24-17/h1-9,13H,10-11H2,(H,21,22)/t13-/m0/s1. The Morgan fingerprint density at radius 3 is 2.79 bits per heavy atom. The first kappa shape index (κ1) is 16.7. The van der Waals surface area contributed by atoms with Crippen LogP contribution in [0.1, 0.15) is 22.1 Å². The van der Waals surface area contributed by atoms with E-state index in [0.29, 0.717) is 6.54 Å². The molecule has 1 N–H and O–H groups in total. The van der Waals surface area contributed by atoms with Gasteiger partial charge < -0.3 is 9.73 Å². The van der Waals surface area contributed by atoms with Gasteiger partial charge in [-0.1, -0.05) is 23.7 Å². The van der Waals surface area contributed by atoms with Crippen molar-refractivity contribution >= 4 is 28.8 Å². The molecule has 0 spiro atoms. The molecule has 0 aliphatic rings. The lowest BCUT2D eigenvalue weighted by molar-refractivity contribution is -0.120. The van der Waals surface area contributed by atoms with Crippen LogP contribution < -0.4 is 5.32 Å². The lowest BCUT2D eigenvalue weighted by Gasteiger charge is -2.14. The molecule has 0 bridgehead atoms. The predicted molar refractivity (Wildman–Crippen MR) is 93.0 cm³/mol. The summed E-state index contributed by atoms with van der Waals surface area (Å²) in [5, 5.41) is 5.08. The molecule has 2 aromatic heterocycles. The van der Waals surface area contributed by atoms with Crippen LogP contribution in [-0.2, 0) is 11.2 Å². The average molecular weight is 364 g/mol. The van der Waals surface area contributed by atoms with Gasteiger partial charge in [0.05, 0.1) is 18.6 Å². The van der Waals surface area contributed by atoms with Crippen LogP contribution in [0.15, 0.2) is 58.5 Å². The SMILES string of the molecule is O=C(Cc1c(F)cccc1Cl)NC[C@@H](c1ccco1)c1cccs1. The molecule has 3 nitrogen and oxygen atoms in total. The third-order valence-electron chi connectivity index (χ3n) is 3.68. The summed E-state index contributed by atoms with van der Waals surface area (Å²) in [6.07, 6.45) is 1.51. The van der Waals surface area contributed by atoms with Crippen LogP contribution in [0.5, 0.6) is 0 Å². The Morgan fingerprint density at radius 2 is 2.12 bits per heavy atom. The monoisotopic (exact) mass is 363 g/mol. The highest BCUT2D eigenvalue weighted by Crippen LogP contribution is 2.28. The van der Waals surface area contributed by atoms with Gasteiger partial charge in [0, 0.05) is 22.0 Å². The largest absolute Gasteiger partial charge is 0.469 e. The number of nitrogens with one attached hydrogen (secondary N) is 1. The molecule has 6 heteroatoms. The lowest BCUT2D eigenvalue weighted by Crippen LogP contribution is -2.30. The highest BCUT2D eigenvalue weighted by atomic mass is 35.5. The molecular formula is C18H15ClFNO2S. The van der Waals surface area contributed by atoms with Gasteiger partial charge in [-0.15, -0.1) is 11.3 Å². The summed E-state index contributed by atoms with van der Waals surface area (Å²) in [5.41, 5.74) is 0.210. The quantitative estimate of drug-likeness (QED) is 0.694. The van der Waals surface area contributed by atoms with Crippen molar-refractivity contribution in [3.63, 3.8) is 0 Å². The first-order valence-corrected chi connectivity index (χ1v) is 8.67. The number of benzene rings is 1. The van der Waals surface area contributed by atoms with Crippen LogP contribution in [0.3, 0.4) is 0 Å². The molecule has 24 heavy (non-hydrogen) atoms. The zero-order valence-corrected chi connectivity index (χ0v) is 14.2. The minimum atomic E-state index is -0.474. The predicted octanol–water partition coefficient (Wildman–Crippen LogP) is 4.62. The molecule has 1 atom stereocenters. The summed E-state index contributed by atoms with van der Waals surface area (Å²) in [5.74, 6) is -0.0460. The highest BCUT2D eigenvalue weighted by Gasteiger charge is 2.20. The third-order valence-corrected chi connectivity index (χ3v) is 5.02. The van der Waals surface area contributed by atoms with E-state index in [1.54, 1.807) is 23.7 Å². The Balaban J connectivity index is 1.68. The summed E-state index contributed by atoms with van der Waals surface area (Å²) in [7, 11) is 0. The van der Waals surface area contributed by atoms with Crippen molar-refractivity contribution in [2.75, 3.05) is 6.54 Å². The minimum Gasteiger partial charge on any atom is -0.469 e. The highest BCUT2D eigenvalue weighted by molar-refractivity contribution is 7.10. The lowest BCUT2D eigenvalue weighted by atomic mass is 10.0. The first-order valence-electron chi connectivity index (χ1n) is 7.41. The summed E-state index contributed by atoms with van der Waals surface area (Å²) in [4.78, 5) is 13.3. The molecule has 2 heterocycles. The molecule has 1 aromatic carbocycles. The maximum atomic E-state index is 13.8. The molecule has 0 saturated heterocycles. The first-order chi connectivity index (χ1) is 11.6. The van der Waals surface area contributed by atoms with Gasteiger partial charge in [0.15, 0.2) is 0 Å². The normalized spacial score (nSPS) is 12.1. The average Bonchev–Trinajstić information content (AvgIpc) is 3.25. The Kier molecular flexibility index (Phi) is 5.33. The summed E-state index contributed by atoms with van der Waals surface area (Å²) in [6, 6.07) is 12.0. The molecule has 0 radical (unpaired) electrons. The molecule has 0 aliphatic carbocycles. The van der Waals surface area contributed by atoms with Gasteiger partial charge in [-0.05, 0) is 35.7 Å². The van der Waals surface area contributed by atoms with E-state index in [2.05, 4.69) is 5.32 Å². The number of thiophene rings is 1. The van der Waals surface area contributed by atoms with Gasteiger partial charge in [-0.2, -0.15) is 0 Å². The van der Waals surface area contributed by atoms with Gasteiger partial charge in [-0.3, -0.25) is 4.79 Å². The van der Waals surface area contributed by atoms with Crippen molar-refractivity contribution < 1.29 is 13.6 Å². The second kappa shape index (κ2) is 7.64. The second-order valence-corrected chi connectivity index (χ2v) is 6.65. The maximum absolute atomic E-state index is 13.8. The van der Waals surface area contributed by atoms with E-state index in [4.69, 9.17) is 16.0 Å². The van der Waals surface area contributed by atoms with E-state index in [0.717, 1.165) is 10.6 Å². The van der Waals surface area contributed by atoms with Crippen molar-refractivity contribution in [3.05, 3.63) is 81.1 Å². The summed E-state index contributed by atoms with van der Waals surface area (Å²) < 4.78 is 19.3. The van der Waals surface area contributed by atoms with Gasteiger partial charge in [0.2, 0.25) is 5.91 Å². The summed E-state index contributed by atoms with van der Waals surface area (Å²) in [6.45, 7) is 0.374. The molecule has 0 fully saturated rings. The van der Waals surface area contributed by atoms with E-state index in [1.165, 1.54) is 12.1 Å². The fourth-order valence-electron chi connectivity index (χ4n) is 2.46. The zero-order chi connectivity index (χ0) is 16.9. The fraction of sp³-hybridized carbons (Fsp3) is 0.167. The van der Waals surface area contributed by atoms with E-state index in [1.807, 2.05) is 29.6 Å². The van der Waals surface area contributed by atoms with Crippen LogP contribution in [0.25, 0.3) is 0 Å². The van der Waals surface area contributed by atoms with Crippen LogP contribution in [0.2, 0.25) is 5.02 Å². The van der Waals surface area contributed by atoms with Crippen LogP contribution in [0.4, 0.5) is 4.39 Å². The molecular weight excluding hydrogens is 349 g/mol. The van der Waals surface area contributed by atoms with Crippen molar-refractivity contribution in [2.45, 2.75) is 12.3 Å². The summed E-state index contributed by atoms with van der Waals surface area (Å²) >= 11 is 7.56. The number of hydrogen-bond donors (Lipinski definition) is 1. The van der Waals surface area contributed by atoms with E-state index < -0.39 is 5.82 Å². The number of rotatable bonds is 6. The Morgan fingerprint density at radius 1 is 1.25 bits per heavy atom. The van der Waals surface area contributed by atoms with Gasteiger partial charge in [0.1, 0.15) is 11.6 Å². The second-order valence-electron chi connectivity index (χ2n) is 5.26. The van der Waals surface area contributed by atoms with Gasteiger partial charge in [0.25, 0.3) is 0 Å². The smallest absolute Gasteiger partial charge is 0.224 e. The van der Waals surface area contributed by atoms with E-state index in [9.17, 15) is 9.18 Å². The Hall–Kier alpha value is -2.11. The molecule has 1 amide bonds. The maximum Gasteiger partial charge on any atom is 0.224 e. The third kappa shape index (κ3) is 3.86.